The number of amides is 1. The van der Waals surface area contributed by atoms with Crippen molar-refractivity contribution in [2.45, 2.75) is 62.7 Å². The lowest BCUT2D eigenvalue weighted by Crippen LogP contribution is -2.45. The van der Waals surface area contributed by atoms with Gasteiger partial charge >= 0.3 is 0 Å². The topological polar surface area (TPSA) is 112 Å². The number of anilines is 1. The molecule has 5 atom stereocenters. The normalized spacial score (nSPS) is 22.0. The van der Waals surface area contributed by atoms with Crippen LogP contribution in [-0.4, -0.2) is 58.8 Å². The Kier molecular flexibility index (Phi) is 9.25. The van der Waals surface area contributed by atoms with Gasteiger partial charge in [0.15, 0.2) is 11.4 Å². The van der Waals surface area contributed by atoms with Gasteiger partial charge in [-0.25, -0.2) is 0 Å². The Hall–Kier alpha value is -4.91. The highest BCUT2D eigenvalue weighted by atomic mass is 28.4. The Morgan fingerprint density at radius 2 is 1.75 bits per heavy atom. The number of carbonyl (C=O) groups excluding carboxylic acids is 1. The fourth-order valence-corrected chi connectivity index (χ4v) is 10.7. The van der Waals surface area contributed by atoms with Crippen LogP contribution in [0.3, 0.4) is 0 Å². The number of aliphatic hydroxyl groups is 1. The standard InChI is InChI=1S/C39H42FN5O5Si/c1-26-36(51(3,4)40)34(19-21-43-24-32(41-42-43)30(25-46)28-14-9-6-10-15-28)50-39(26)31-22-29(44-20-11-16-35(49-2)37(44)47)17-18-33(31)45(38(39)48)23-27-12-7-5-8-13-27/h5-18,20,22,24,26,30,34,36,46H,19,21,23,25H2,1-4H3/t26-,30?,34+,36-,39+/m1/s1. The third kappa shape index (κ3) is 6.11. The molecule has 12 heteroatoms. The molecule has 0 bridgehead atoms. The lowest BCUT2D eigenvalue weighted by molar-refractivity contribution is -0.146. The Balaban J connectivity index is 1.26. The van der Waals surface area contributed by atoms with Gasteiger partial charge < -0.3 is 23.6 Å². The van der Waals surface area contributed by atoms with Crippen LogP contribution in [0.15, 0.2) is 108 Å². The summed E-state index contributed by atoms with van der Waals surface area (Å²) in [6.45, 7) is 5.85. The average molecular weight is 708 g/mol. The van der Waals surface area contributed by atoms with Crippen LogP contribution in [0.1, 0.15) is 41.6 Å². The molecule has 3 aromatic carbocycles. The maximum atomic E-state index is 16.5. The Labute approximate surface area is 297 Å². The molecular formula is C39H42FN5O5Si. The van der Waals surface area contributed by atoms with E-state index < -0.39 is 31.6 Å². The molecular weight excluding hydrogens is 666 g/mol. The van der Waals surface area contributed by atoms with Gasteiger partial charge in [0, 0.05) is 41.6 Å². The number of benzene rings is 3. The van der Waals surface area contributed by atoms with Gasteiger partial charge in [-0.05, 0) is 61.0 Å². The first-order valence-electron chi connectivity index (χ1n) is 17.3. The van der Waals surface area contributed by atoms with Crippen molar-refractivity contribution < 1.29 is 23.5 Å². The highest BCUT2D eigenvalue weighted by Gasteiger charge is 2.66. The number of halogens is 1. The van der Waals surface area contributed by atoms with Crippen molar-refractivity contribution in [3.8, 4) is 11.4 Å². The zero-order valence-corrected chi connectivity index (χ0v) is 30.1. The van der Waals surface area contributed by atoms with Gasteiger partial charge in [0.25, 0.3) is 11.5 Å². The Morgan fingerprint density at radius 3 is 2.43 bits per heavy atom. The third-order valence-corrected chi connectivity index (χ3v) is 12.9. The number of aryl methyl sites for hydroxylation is 1. The smallest absolute Gasteiger partial charge is 0.297 e. The number of hydrogen-bond donors (Lipinski definition) is 1. The van der Waals surface area contributed by atoms with Gasteiger partial charge in [0.05, 0.1) is 43.7 Å². The van der Waals surface area contributed by atoms with Crippen LogP contribution in [-0.2, 0) is 28.2 Å². The zero-order valence-electron chi connectivity index (χ0n) is 29.1. The lowest BCUT2D eigenvalue weighted by atomic mass is 9.82. The zero-order chi connectivity index (χ0) is 35.9. The molecule has 0 saturated carbocycles. The van der Waals surface area contributed by atoms with E-state index >= 15 is 4.11 Å². The maximum absolute atomic E-state index is 16.5. The van der Waals surface area contributed by atoms with Gasteiger partial charge in [0.2, 0.25) is 8.41 Å². The molecule has 7 rings (SSSR count). The minimum atomic E-state index is -3.44. The first-order chi connectivity index (χ1) is 24.6. The number of nitrogens with zero attached hydrogens (tertiary/aromatic N) is 5. The van der Waals surface area contributed by atoms with Crippen molar-refractivity contribution in [3.05, 3.63) is 136 Å². The maximum Gasteiger partial charge on any atom is 0.297 e. The van der Waals surface area contributed by atoms with Gasteiger partial charge in [-0.2, -0.15) is 0 Å². The number of aromatic nitrogens is 4. The van der Waals surface area contributed by atoms with E-state index in [-0.39, 0.29) is 29.7 Å². The molecule has 1 unspecified atom stereocenters. The predicted octanol–water partition coefficient (Wildman–Crippen LogP) is 5.97. The van der Waals surface area contributed by atoms with E-state index in [4.69, 9.17) is 9.47 Å². The number of methoxy groups -OCH3 is 1. The number of pyridine rings is 1. The van der Waals surface area contributed by atoms with E-state index in [0.29, 0.717) is 42.1 Å². The van der Waals surface area contributed by atoms with Crippen molar-refractivity contribution >= 4 is 20.0 Å². The number of rotatable bonds is 11. The van der Waals surface area contributed by atoms with Gasteiger partial charge in [0.1, 0.15) is 0 Å². The van der Waals surface area contributed by atoms with E-state index in [2.05, 4.69) is 10.3 Å². The molecule has 4 heterocycles. The average Bonchev–Trinajstić information content (AvgIpc) is 3.78. The first kappa shape index (κ1) is 34.5. The van der Waals surface area contributed by atoms with Crippen LogP contribution in [0.2, 0.25) is 18.6 Å². The summed E-state index contributed by atoms with van der Waals surface area (Å²) in [5, 5.41) is 18.9. The lowest BCUT2D eigenvalue weighted by Gasteiger charge is -2.31. The summed E-state index contributed by atoms with van der Waals surface area (Å²) in [6, 6.07) is 28.2. The van der Waals surface area contributed by atoms with E-state index in [1.54, 1.807) is 41.0 Å². The minimum absolute atomic E-state index is 0.122. The summed E-state index contributed by atoms with van der Waals surface area (Å²) >= 11 is 0. The second-order valence-electron chi connectivity index (χ2n) is 13.9. The molecule has 2 aliphatic heterocycles. The van der Waals surface area contributed by atoms with E-state index in [9.17, 15) is 14.7 Å². The first-order valence-corrected chi connectivity index (χ1v) is 20.2. The molecule has 1 N–H and O–H groups in total. The summed E-state index contributed by atoms with van der Waals surface area (Å²) < 4.78 is 32.0. The second kappa shape index (κ2) is 13.7. The van der Waals surface area contributed by atoms with Crippen LogP contribution >= 0.6 is 0 Å². The van der Waals surface area contributed by atoms with Crippen LogP contribution in [0.25, 0.3) is 5.69 Å². The Bertz CT molecular complexity index is 2090. The third-order valence-electron chi connectivity index (χ3n) is 10.5. The van der Waals surface area contributed by atoms with Crippen LogP contribution < -0.4 is 15.2 Å². The monoisotopic (exact) mass is 707 g/mol. The van der Waals surface area contributed by atoms with Crippen LogP contribution in [0.4, 0.5) is 9.80 Å². The van der Waals surface area contributed by atoms with E-state index in [1.165, 1.54) is 11.7 Å². The molecule has 2 aliphatic rings. The fourth-order valence-electron chi connectivity index (χ4n) is 8.11. The highest BCUT2D eigenvalue weighted by Crippen LogP contribution is 2.60. The van der Waals surface area contributed by atoms with Crippen molar-refractivity contribution in [2.24, 2.45) is 5.92 Å². The van der Waals surface area contributed by atoms with Gasteiger partial charge in [-0.15, -0.1) is 5.10 Å². The molecule has 5 aromatic rings. The van der Waals surface area contributed by atoms with Crippen molar-refractivity contribution in [1.29, 1.82) is 0 Å². The second-order valence-corrected chi connectivity index (χ2v) is 17.7. The molecule has 51 heavy (non-hydrogen) atoms. The molecule has 1 fully saturated rings. The molecule has 2 aromatic heterocycles. The van der Waals surface area contributed by atoms with Crippen LogP contribution in [0.5, 0.6) is 5.75 Å². The van der Waals surface area contributed by atoms with Crippen molar-refractivity contribution in [2.75, 3.05) is 18.6 Å². The Morgan fingerprint density at radius 1 is 1.02 bits per heavy atom. The highest BCUT2D eigenvalue weighted by molar-refractivity contribution is 6.72. The summed E-state index contributed by atoms with van der Waals surface area (Å²) in [5.74, 6) is -0.894. The number of aliphatic hydroxyl groups excluding tert-OH is 1. The van der Waals surface area contributed by atoms with Crippen molar-refractivity contribution in [3.63, 3.8) is 0 Å². The van der Waals surface area contributed by atoms with E-state index in [0.717, 1.165) is 11.1 Å². The molecule has 1 spiro atoms. The van der Waals surface area contributed by atoms with Crippen LogP contribution in [0, 0.1) is 5.92 Å². The van der Waals surface area contributed by atoms with Gasteiger partial charge in [-0.1, -0.05) is 72.8 Å². The summed E-state index contributed by atoms with van der Waals surface area (Å²) in [6.07, 6.45) is 3.26. The quantitative estimate of drug-likeness (QED) is 0.133. The number of carbonyl (C=O) groups is 1. The molecule has 1 saturated heterocycles. The number of fused-ring (bicyclic) bond motifs is 2. The molecule has 10 nitrogen and oxygen atoms in total. The van der Waals surface area contributed by atoms with Gasteiger partial charge in [-0.3, -0.25) is 18.8 Å². The molecule has 1 amide bonds. The summed E-state index contributed by atoms with van der Waals surface area (Å²) in [5.41, 5.74) is 2.01. The molecule has 0 aliphatic carbocycles. The SMILES string of the molecule is COc1cccn(-c2ccc3c(c2)[C@]2(O[C@@H](CCn4cc(C(CO)c5ccccc5)nn4)[C@H]([Si](C)(C)F)[C@H]2C)C(=O)N3Cc2ccccc2)c1=O. The predicted molar refractivity (Wildman–Crippen MR) is 194 cm³/mol. The van der Waals surface area contributed by atoms with E-state index in [1.807, 2.05) is 92.0 Å². The number of hydrogen-bond acceptors (Lipinski definition) is 7. The minimum Gasteiger partial charge on any atom is -0.491 e. The fraction of sp³-hybridized carbons (Fsp3) is 0.333. The number of ether oxygens (including phenoxy) is 2. The van der Waals surface area contributed by atoms with Crippen molar-refractivity contribution in [1.82, 2.24) is 19.6 Å². The summed E-state index contributed by atoms with van der Waals surface area (Å²) in [4.78, 5) is 29.9. The summed E-state index contributed by atoms with van der Waals surface area (Å²) in [7, 11) is -1.99. The molecule has 264 valence electrons. The largest absolute Gasteiger partial charge is 0.491 e. The molecule has 0 radical (unpaired) electrons.